The van der Waals surface area contributed by atoms with Gasteiger partial charge in [-0.1, -0.05) is 24.3 Å². The van der Waals surface area contributed by atoms with Crippen molar-refractivity contribution in [3.05, 3.63) is 65.2 Å². The Morgan fingerprint density at radius 3 is 2.52 bits per heavy atom. The van der Waals surface area contributed by atoms with Gasteiger partial charge in [-0.25, -0.2) is 9.20 Å². The van der Waals surface area contributed by atoms with Crippen molar-refractivity contribution in [3.8, 4) is 6.07 Å². The minimum Gasteiger partial charge on any atom is -0.369 e. The van der Waals surface area contributed by atoms with E-state index in [4.69, 9.17) is 5.73 Å². The number of nitrogens with zero attached hydrogens (tertiary/aromatic N) is 4. The van der Waals surface area contributed by atoms with E-state index in [-0.39, 0.29) is 11.9 Å². The number of rotatable bonds is 4. The molecule has 0 saturated heterocycles. The molecule has 1 aliphatic rings. The molecule has 3 rings (SSSR count). The number of nitriles is 1. The van der Waals surface area contributed by atoms with E-state index in [1.165, 1.54) is 4.90 Å². The van der Waals surface area contributed by atoms with Crippen molar-refractivity contribution in [1.29, 1.82) is 5.26 Å². The quantitative estimate of drug-likeness (QED) is 0.835. The molecule has 1 aliphatic heterocycles. The van der Waals surface area contributed by atoms with Gasteiger partial charge in [0.1, 0.15) is 16.5 Å². The number of amides is 1. The molecule has 3 unspecified atom stereocenters. The lowest BCUT2D eigenvalue weighted by atomic mass is 9.74. The normalized spacial score (nSPS) is 22.6. The fourth-order valence-corrected chi connectivity index (χ4v) is 3.97. The van der Waals surface area contributed by atoms with Crippen LogP contribution in [0.25, 0.3) is 0 Å². The van der Waals surface area contributed by atoms with Gasteiger partial charge >= 0.3 is 0 Å². The van der Waals surface area contributed by atoms with Gasteiger partial charge in [0.25, 0.3) is 0 Å². The van der Waals surface area contributed by atoms with Crippen molar-refractivity contribution >= 4 is 28.5 Å². The van der Waals surface area contributed by atoms with Gasteiger partial charge in [-0.2, -0.15) is 5.26 Å². The minimum atomic E-state index is -1.15. The average molecular weight is 410 g/mol. The highest BCUT2D eigenvalue weighted by molar-refractivity contribution is 7.85. The van der Waals surface area contributed by atoms with Crippen LogP contribution in [0.4, 0.5) is 5.69 Å². The van der Waals surface area contributed by atoms with Crippen molar-refractivity contribution < 1.29 is 9.00 Å². The van der Waals surface area contributed by atoms with Crippen LogP contribution in [-0.4, -0.2) is 41.3 Å². The number of likely N-dealkylation sites (N-methyl/N-ethyl adjacent to an activating group) is 1. The van der Waals surface area contributed by atoms with Crippen LogP contribution in [0, 0.1) is 11.3 Å². The van der Waals surface area contributed by atoms with Crippen LogP contribution in [0.2, 0.25) is 0 Å². The number of nitrogens with two attached hydrogens (primary N) is 1. The predicted octanol–water partition coefficient (Wildman–Crippen LogP) is 2.07. The van der Waals surface area contributed by atoms with Crippen LogP contribution in [-0.2, 0) is 21.3 Å². The smallest absolute Gasteiger partial charge is 0.239 e. The number of benzene rings is 2. The second kappa shape index (κ2) is 7.68. The van der Waals surface area contributed by atoms with Gasteiger partial charge in [0.15, 0.2) is 5.96 Å². The van der Waals surface area contributed by atoms with Crippen molar-refractivity contribution in [1.82, 2.24) is 4.90 Å². The molecule has 1 heterocycles. The Kier molecular flexibility index (Phi) is 5.44. The molecule has 2 N–H and O–H groups in total. The highest BCUT2D eigenvalue weighted by Crippen LogP contribution is 2.44. The standard InChI is InChI=1S/C21H23N5O2S/c1-21(16-7-5-6-14(12-16)13-22)18(19(27)25(2)20(23)24-21)15-8-10-17(11-9-15)26(3)29(4)28/h5-12,18H,1-4H3,(H2,23,24). The Bertz CT molecular complexity index is 1040. The maximum absolute atomic E-state index is 13.2. The fraction of sp³-hybridized carbons (Fsp3) is 0.286. The van der Waals surface area contributed by atoms with E-state index in [2.05, 4.69) is 11.1 Å². The maximum Gasteiger partial charge on any atom is 0.239 e. The monoisotopic (exact) mass is 409 g/mol. The number of hydrogen-bond donors (Lipinski definition) is 1. The first kappa shape index (κ1) is 20.6. The lowest BCUT2D eigenvalue weighted by Crippen LogP contribution is -2.52. The van der Waals surface area contributed by atoms with Crippen LogP contribution < -0.4 is 10.0 Å². The van der Waals surface area contributed by atoms with E-state index in [0.29, 0.717) is 5.56 Å². The first-order valence-corrected chi connectivity index (χ1v) is 10.5. The highest BCUT2D eigenvalue weighted by atomic mass is 32.2. The molecule has 0 saturated carbocycles. The first-order chi connectivity index (χ1) is 13.7. The molecule has 150 valence electrons. The summed E-state index contributed by atoms with van der Waals surface area (Å²) in [5.74, 6) is -0.670. The molecule has 3 atom stereocenters. The lowest BCUT2D eigenvalue weighted by Gasteiger charge is -2.41. The second-order valence-corrected chi connectivity index (χ2v) is 8.55. The Labute approximate surface area is 173 Å². The van der Waals surface area contributed by atoms with Gasteiger partial charge in [0, 0.05) is 26.0 Å². The summed E-state index contributed by atoms with van der Waals surface area (Å²) in [5, 5.41) is 9.29. The van der Waals surface area contributed by atoms with E-state index in [0.717, 1.165) is 16.8 Å². The second-order valence-electron chi connectivity index (χ2n) is 7.15. The van der Waals surface area contributed by atoms with Crippen LogP contribution in [0.5, 0.6) is 0 Å². The molecule has 7 nitrogen and oxygen atoms in total. The summed E-state index contributed by atoms with van der Waals surface area (Å²) in [6, 6.07) is 16.6. The Morgan fingerprint density at radius 1 is 1.28 bits per heavy atom. The number of aliphatic imine (C=N–C) groups is 1. The number of carbonyl (C=O) groups excluding carboxylic acids is 1. The Hall–Kier alpha value is -3.18. The molecule has 2 aromatic carbocycles. The number of anilines is 1. The number of carbonyl (C=O) groups is 1. The predicted molar refractivity (Wildman–Crippen MR) is 115 cm³/mol. The van der Waals surface area contributed by atoms with E-state index in [1.54, 1.807) is 42.9 Å². The zero-order valence-corrected chi connectivity index (χ0v) is 17.6. The van der Waals surface area contributed by atoms with Crippen molar-refractivity contribution in [3.63, 3.8) is 0 Å². The third-order valence-electron chi connectivity index (χ3n) is 5.38. The summed E-state index contributed by atoms with van der Waals surface area (Å²) in [6.07, 6.45) is 1.60. The van der Waals surface area contributed by atoms with E-state index >= 15 is 0 Å². The van der Waals surface area contributed by atoms with Gasteiger partial charge in [-0.05, 0) is 42.3 Å². The molecule has 0 bridgehead atoms. The van der Waals surface area contributed by atoms with Crippen LogP contribution in [0.3, 0.4) is 0 Å². The van der Waals surface area contributed by atoms with Crippen LogP contribution >= 0.6 is 0 Å². The molecule has 1 amide bonds. The molecule has 8 heteroatoms. The van der Waals surface area contributed by atoms with Gasteiger partial charge in [0.05, 0.1) is 17.6 Å². The van der Waals surface area contributed by atoms with Crippen molar-refractivity contribution in [2.75, 3.05) is 24.7 Å². The summed E-state index contributed by atoms with van der Waals surface area (Å²) in [7, 11) is 2.19. The molecular formula is C21H23N5O2S. The van der Waals surface area contributed by atoms with E-state index in [1.807, 2.05) is 37.3 Å². The van der Waals surface area contributed by atoms with Crippen LogP contribution in [0.1, 0.15) is 29.5 Å². The van der Waals surface area contributed by atoms with E-state index in [9.17, 15) is 14.3 Å². The topological polar surface area (TPSA) is 103 Å². The van der Waals surface area contributed by atoms with Gasteiger partial charge < -0.3 is 5.73 Å². The molecule has 0 fully saturated rings. The minimum absolute atomic E-state index is 0.133. The van der Waals surface area contributed by atoms with E-state index < -0.39 is 22.4 Å². The zero-order valence-electron chi connectivity index (χ0n) is 16.8. The summed E-state index contributed by atoms with van der Waals surface area (Å²) < 4.78 is 13.4. The third-order valence-corrected chi connectivity index (χ3v) is 6.36. The fourth-order valence-electron chi connectivity index (χ4n) is 3.55. The molecule has 2 aromatic rings. The molecule has 0 spiro atoms. The molecule has 0 radical (unpaired) electrons. The molecule has 0 aliphatic carbocycles. The van der Waals surface area contributed by atoms with Gasteiger partial charge in [-0.3, -0.25) is 14.0 Å². The average Bonchev–Trinajstić information content (AvgIpc) is 2.72. The largest absolute Gasteiger partial charge is 0.369 e. The first-order valence-electron chi connectivity index (χ1n) is 9.00. The Morgan fingerprint density at radius 2 is 1.93 bits per heavy atom. The Balaban J connectivity index is 2.14. The third kappa shape index (κ3) is 3.61. The molecule has 0 aromatic heterocycles. The SMILES string of the molecule is CN1C(=O)C(c2ccc(N(C)S(C)=O)cc2)C(C)(c2cccc(C#N)c2)N=C1N. The summed E-state index contributed by atoms with van der Waals surface area (Å²) >= 11 is 0. The molecule has 29 heavy (non-hydrogen) atoms. The van der Waals surface area contributed by atoms with Gasteiger partial charge in [-0.15, -0.1) is 0 Å². The van der Waals surface area contributed by atoms with Crippen molar-refractivity contribution in [2.24, 2.45) is 10.7 Å². The number of guanidine groups is 1. The maximum atomic E-state index is 13.2. The highest BCUT2D eigenvalue weighted by Gasteiger charge is 2.47. The lowest BCUT2D eigenvalue weighted by molar-refractivity contribution is -0.130. The molecular weight excluding hydrogens is 386 g/mol. The van der Waals surface area contributed by atoms with Crippen LogP contribution in [0.15, 0.2) is 53.5 Å². The summed E-state index contributed by atoms with van der Waals surface area (Å²) in [6.45, 7) is 1.85. The number of hydrogen-bond acceptors (Lipinski definition) is 5. The summed E-state index contributed by atoms with van der Waals surface area (Å²) in [4.78, 5) is 19.3. The zero-order chi connectivity index (χ0) is 21.3. The van der Waals surface area contributed by atoms with Gasteiger partial charge in [0.2, 0.25) is 5.91 Å². The summed E-state index contributed by atoms with van der Waals surface area (Å²) in [5.41, 5.74) is 7.84. The van der Waals surface area contributed by atoms with Crippen molar-refractivity contribution in [2.45, 2.75) is 18.4 Å².